The van der Waals surface area contributed by atoms with E-state index in [-0.39, 0.29) is 0 Å². The predicted molar refractivity (Wildman–Crippen MR) is 71.6 cm³/mol. The fourth-order valence-electron chi connectivity index (χ4n) is 1.34. The van der Waals surface area contributed by atoms with Crippen LogP contribution in [-0.2, 0) is 6.54 Å². The van der Waals surface area contributed by atoms with Gasteiger partial charge in [-0.25, -0.2) is 0 Å². The average molecular weight is 302 g/mol. The smallest absolute Gasteiger partial charge is 0.0305 e. The summed E-state index contributed by atoms with van der Waals surface area (Å²) >= 11 is 6.99. The predicted octanol–water partition coefficient (Wildman–Crippen LogP) is 4.42. The van der Waals surface area contributed by atoms with Crippen LogP contribution in [0.15, 0.2) is 32.7 Å². The molecule has 4 heteroatoms. The van der Waals surface area contributed by atoms with Gasteiger partial charge in [-0.3, -0.25) is 0 Å². The van der Waals surface area contributed by atoms with Gasteiger partial charge in [0.1, 0.15) is 0 Å². The molecule has 80 valence electrons. The van der Waals surface area contributed by atoms with Crippen LogP contribution in [0.3, 0.4) is 0 Å². The molecule has 1 N–H and O–H groups in total. The van der Waals surface area contributed by atoms with Crippen LogP contribution in [0, 0.1) is 0 Å². The van der Waals surface area contributed by atoms with Gasteiger partial charge >= 0.3 is 0 Å². The molecule has 1 nitrogen and oxygen atoms in total. The van der Waals surface area contributed by atoms with Crippen molar-refractivity contribution in [2.24, 2.45) is 0 Å². The van der Waals surface area contributed by atoms with E-state index in [0.717, 1.165) is 6.54 Å². The van der Waals surface area contributed by atoms with Crippen LogP contribution < -0.4 is 5.32 Å². The largest absolute Gasteiger partial charge is 0.305 e. The first-order valence-corrected chi connectivity index (χ1v) is 7.35. The van der Waals surface area contributed by atoms with Gasteiger partial charge in [0.05, 0.1) is 0 Å². The van der Waals surface area contributed by atoms with Gasteiger partial charge in [0.25, 0.3) is 0 Å². The Balaban J connectivity index is 1.88. The van der Waals surface area contributed by atoms with E-state index in [9.17, 15) is 0 Å². The summed E-state index contributed by atoms with van der Waals surface area (Å²) in [6.07, 6.45) is 0. The molecule has 0 spiro atoms. The summed E-state index contributed by atoms with van der Waals surface area (Å²) in [4.78, 5) is 1.36. The standard InChI is InChI=1S/C11H12BrNS2/c1-8(9-2-3-14-6-9)13-5-11-4-10(12)7-15-11/h2-4,6-8,13H,5H2,1H3. The third kappa shape index (κ3) is 3.14. The molecular formula is C11H12BrNS2. The minimum atomic E-state index is 0.428. The van der Waals surface area contributed by atoms with E-state index in [1.807, 2.05) is 0 Å². The highest BCUT2D eigenvalue weighted by Gasteiger charge is 2.05. The number of halogens is 1. The van der Waals surface area contributed by atoms with Gasteiger partial charge < -0.3 is 5.32 Å². The highest BCUT2D eigenvalue weighted by molar-refractivity contribution is 9.10. The molecule has 1 unspecified atom stereocenters. The molecule has 0 saturated carbocycles. The van der Waals surface area contributed by atoms with Gasteiger partial charge in [0.15, 0.2) is 0 Å². The minimum Gasteiger partial charge on any atom is -0.305 e. The second-order valence-corrected chi connectivity index (χ2v) is 6.08. The van der Waals surface area contributed by atoms with Gasteiger partial charge in [0.2, 0.25) is 0 Å². The molecule has 0 aliphatic carbocycles. The van der Waals surface area contributed by atoms with E-state index >= 15 is 0 Å². The number of nitrogens with one attached hydrogen (secondary N) is 1. The van der Waals surface area contributed by atoms with Crippen molar-refractivity contribution in [1.29, 1.82) is 0 Å². The molecule has 1 atom stereocenters. The molecule has 0 fully saturated rings. The van der Waals surface area contributed by atoms with Gasteiger partial charge in [-0.2, -0.15) is 11.3 Å². The molecule has 2 heterocycles. The Morgan fingerprint density at radius 1 is 1.47 bits per heavy atom. The van der Waals surface area contributed by atoms with Gasteiger partial charge in [0, 0.05) is 27.3 Å². The minimum absolute atomic E-state index is 0.428. The first kappa shape index (κ1) is 11.3. The molecule has 2 aromatic rings. The molecule has 0 radical (unpaired) electrons. The highest BCUT2D eigenvalue weighted by Crippen LogP contribution is 2.21. The van der Waals surface area contributed by atoms with Crippen LogP contribution in [0.1, 0.15) is 23.4 Å². The van der Waals surface area contributed by atoms with Crippen LogP contribution in [0.5, 0.6) is 0 Å². The maximum atomic E-state index is 3.51. The normalized spacial score (nSPS) is 12.9. The Kier molecular flexibility index (Phi) is 3.97. The second-order valence-electron chi connectivity index (χ2n) is 3.39. The summed E-state index contributed by atoms with van der Waals surface area (Å²) in [5, 5.41) is 9.94. The lowest BCUT2D eigenvalue weighted by atomic mass is 10.2. The maximum absolute atomic E-state index is 3.51. The quantitative estimate of drug-likeness (QED) is 0.881. The monoisotopic (exact) mass is 301 g/mol. The van der Waals surface area contributed by atoms with Crippen LogP contribution in [0.2, 0.25) is 0 Å². The van der Waals surface area contributed by atoms with Crippen LogP contribution in [0.25, 0.3) is 0 Å². The molecule has 15 heavy (non-hydrogen) atoms. The summed E-state index contributed by atoms with van der Waals surface area (Å²) < 4.78 is 1.17. The van der Waals surface area contributed by atoms with Crippen molar-refractivity contribution in [3.8, 4) is 0 Å². The number of rotatable bonds is 4. The van der Waals surface area contributed by atoms with Crippen molar-refractivity contribution in [2.45, 2.75) is 19.5 Å². The topological polar surface area (TPSA) is 12.0 Å². The van der Waals surface area contributed by atoms with Gasteiger partial charge in [-0.15, -0.1) is 11.3 Å². The zero-order valence-corrected chi connectivity index (χ0v) is 11.6. The lowest BCUT2D eigenvalue weighted by Gasteiger charge is -2.10. The summed E-state index contributed by atoms with van der Waals surface area (Å²) in [7, 11) is 0. The van der Waals surface area contributed by atoms with E-state index in [0.29, 0.717) is 6.04 Å². The third-order valence-corrected chi connectivity index (χ3v) is 4.65. The van der Waals surface area contributed by atoms with E-state index in [2.05, 4.69) is 56.4 Å². The molecule has 0 amide bonds. The molecule has 2 rings (SSSR count). The molecule has 0 saturated heterocycles. The van der Waals surface area contributed by atoms with Crippen LogP contribution in [-0.4, -0.2) is 0 Å². The Bertz CT molecular complexity index is 408. The van der Waals surface area contributed by atoms with E-state index in [4.69, 9.17) is 0 Å². The van der Waals surface area contributed by atoms with Crippen molar-refractivity contribution >= 4 is 38.6 Å². The highest BCUT2D eigenvalue weighted by atomic mass is 79.9. The number of thiophene rings is 2. The molecule has 0 aliphatic heterocycles. The van der Waals surface area contributed by atoms with Crippen molar-refractivity contribution in [3.05, 3.63) is 43.2 Å². The third-order valence-electron chi connectivity index (χ3n) is 2.25. The maximum Gasteiger partial charge on any atom is 0.0305 e. The summed E-state index contributed by atoms with van der Waals surface area (Å²) in [5.41, 5.74) is 1.37. The van der Waals surface area contributed by atoms with E-state index < -0.39 is 0 Å². The summed E-state index contributed by atoms with van der Waals surface area (Å²) in [6.45, 7) is 3.14. The molecule has 0 bridgehead atoms. The first-order valence-electron chi connectivity index (χ1n) is 4.74. The van der Waals surface area contributed by atoms with Crippen molar-refractivity contribution in [3.63, 3.8) is 0 Å². The lowest BCUT2D eigenvalue weighted by Crippen LogP contribution is -2.16. The Morgan fingerprint density at radius 3 is 2.93 bits per heavy atom. The van der Waals surface area contributed by atoms with Gasteiger partial charge in [-0.05, 0) is 51.3 Å². The first-order chi connectivity index (χ1) is 7.25. The van der Waals surface area contributed by atoms with Crippen molar-refractivity contribution in [2.75, 3.05) is 0 Å². The average Bonchev–Trinajstić information content (AvgIpc) is 2.84. The molecule has 0 aliphatic rings. The zero-order valence-electron chi connectivity index (χ0n) is 8.37. The number of hydrogen-bond acceptors (Lipinski definition) is 3. The van der Waals surface area contributed by atoms with E-state index in [1.165, 1.54) is 14.9 Å². The molecule has 2 aromatic heterocycles. The Morgan fingerprint density at radius 2 is 2.33 bits per heavy atom. The SMILES string of the molecule is CC(NCc1cc(Br)cs1)c1ccsc1. The van der Waals surface area contributed by atoms with Crippen molar-refractivity contribution in [1.82, 2.24) is 5.32 Å². The summed E-state index contributed by atoms with van der Waals surface area (Å²) in [6, 6.07) is 4.77. The lowest BCUT2D eigenvalue weighted by molar-refractivity contribution is 0.580. The summed E-state index contributed by atoms with van der Waals surface area (Å²) in [5.74, 6) is 0. The second kappa shape index (κ2) is 5.25. The number of hydrogen-bond donors (Lipinski definition) is 1. The van der Waals surface area contributed by atoms with Gasteiger partial charge in [-0.1, -0.05) is 0 Å². The van der Waals surface area contributed by atoms with Crippen LogP contribution >= 0.6 is 38.6 Å². The Hall–Kier alpha value is -0.160. The molecular weight excluding hydrogens is 290 g/mol. The fraction of sp³-hybridized carbons (Fsp3) is 0.273. The fourth-order valence-corrected chi connectivity index (χ4v) is 3.50. The zero-order chi connectivity index (χ0) is 10.7. The van der Waals surface area contributed by atoms with E-state index in [1.54, 1.807) is 22.7 Å². The van der Waals surface area contributed by atoms with Crippen molar-refractivity contribution < 1.29 is 0 Å². The Labute approximate surface area is 106 Å². The molecule has 0 aromatic carbocycles. The van der Waals surface area contributed by atoms with Crippen LogP contribution in [0.4, 0.5) is 0 Å².